The Hall–Kier alpha value is -3.14. The van der Waals surface area contributed by atoms with Gasteiger partial charge in [0, 0.05) is 16.5 Å². The molecule has 0 spiro atoms. The quantitative estimate of drug-likeness (QED) is 0.322. The van der Waals surface area contributed by atoms with Crippen molar-refractivity contribution in [2.24, 2.45) is 0 Å². The molecule has 0 aliphatic carbocycles. The summed E-state index contributed by atoms with van der Waals surface area (Å²) in [6, 6.07) is 11.8. The van der Waals surface area contributed by atoms with E-state index in [0.717, 1.165) is 47.6 Å². The van der Waals surface area contributed by atoms with Crippen molar-refractivity contribution >= 4 is 45.7 Å². The number of halogens is 1. The van der Waals surface area contributed by atoms with E-state index in [1.165, 1.54) is 0 Å². The molecule has 3 N–H and O–H groups in total. The monoisotopic (exact) mass is 510 g/mol. The zero-order valence-electron chi connectivity index (χ0n) is 19.4. The van der Waals surface area contributed by atoms with Crippen LogP contribution in [0.2, 0.25) is 5.02 Å². The number of nitrogens with zero attached hydrogens (tertiary/aromatic N) is 3. The number of benzene rings is 1. The molecule has 4 heterocycles. The summed E-state index contributed by atoms with van der Waals surface area (Å²) in [5, 5.41) is 9.00. The number of rotatable bonds is 8. The van der Waals surface area contributed by atoms with Gasteiger partial charge in [-0.15, -0.1) is 11.3 Å². The lowest BCUT2D eigenvalue weighted by atomic mass is 10.1. The van der Waals surface area contributed by atoms with Gasteiger partial charge in [-0.05, 0) is 68.7 Å². The van der Waals surface area contributed by atoms with Crippen molar-refractivity contribution < 1.29 is 9.53 Å². The van der Waals surface area contributed by atoms with Crippen LogP contribution in [0.1, 0.15) is 17.7 Å². The molecule has 0 bridgehead atoms. The van der Waals surface area contributed by atoms with Gasteiger partial charge >= 0.3 is 0 Å². The highest BCUT2D eigenvalue weighted by molar-refractivity contribution is 7.09. The van der Waals surface area contributed by atoms with Gasteiger partial charge in [-0.1, -0.05) is 17.7 Å². The number of ether oxygens (including phenoxy) is 1. The van der Waals surface area contributed by atoms with E-state index in [1.54, 1.807) is 17.5 Å². The van der Waals surface area contributed by atoms with Crippen LogP contribution in [0, 0.1) is 0 Å². The minimum Gasteiger partial charge on any atom is -0.484 e. The summed E-state index contributed by atoms with van der Waals surface area (Å²) in [6.07, 6.45) is 3.77. The summed E-state index contributed by atoms with van der Waals surface area (Å²) in [7, 11) is 2.14. The van der Waals surface area contributed by atoms with Gasteiger partial charge in [0.25, 0.3) is 5.91 Å². The Bertz CT molecular complexity index is 1280. The van der Waals surface area contributed by atoms with E-state index in [9.17, 15) is 4.79 Å². The van der Waals surface area contributed by atoms with E-state index in [-0.39, 0.29) is 12.5 Å². The van der Waals surface area contributed by atoms with Crippen LogP contribution in [0.15, 0.2) is 48.0 Å². The molecule has 35 heavy (non-hydrogen) atoms. The Balaban J connectivity index is 1.24. The molecule has 1 amide bonds. The lowest BCUT2D eigenvalue weighted by Crippen LogP contribution is -2.36. The van der Waals surface area contributed by atoms with Gasteiger partial charge in [-0.3, -0.25) is 4.79 Å². The Morgan fingerprint density at radius 1 is 1.26 bits per heavy atom. The molecule has 182 valence electrons. The van der Waals surface area contributed by atoms with Gasteiger partial charge in [0.2, 0.25) is 0 Å². The fourth-order valence-corrected chi connectivity index (χ4v) is 4.91. The number of H-pyrrole nitrogens is 1. The molecule has 4 aromatic rings. The lowest BCUT2D eigenvalue weighted by Gasteiger charge is -2.30. The molecule has 0 unspecified atom stereocenters. The van der Waals surface area contributed by atoms with Crippen molar-refractivity contribution in [1.29, 1.82) is 0 Å². The maximum atomic E-state index is 12.0. The number of imidazole rings is 1. The average molecular weight is 511 g/mol. The highest BCUT2D eigenvalue weighted by Crippen LogP contribution is 2.32. The summed E-state index contributed by atoms with van der Waals surface area (Å²) in [4.78, 5) is 28.0. The molecular formula is C25H27ClN6O2S. The standard InChI is InChI=1S/C25H27ClN6O2S/c1-32-10-8-17(9-11-32)29-22-20(26)14-28-25-23(22)30-24(31-25)16-4-6-18(7-5-16)34-15-21(33)27-13-19-3-2-12-35-19/h2-7,12,14,17H,8-11,13,15H2,1H3,(H,27,33)(H2,28,29,30,31). The van der Waals surface area contributed by atoms with E-state index in [1.807, 2.05) is 41.8 Å². The minimum atomic E-state index is -0.160. The van der Waals surface area contributed by atoms with Gasteiger partial charge in [-0.2, -0.15) is 0 Å². The van der Waals surface area contributed by atoms with Crippen molar-refractivity contribution in [1.82, 2.24) is 25.2 Å². The molecular weight excluding hydrogens is 484 g/mol. The summed E-state index contributed by atoms with van der Waals surface area (Å²) < 4.78 is 5.63. The third kappa shape index (κ3) is 5.75. The van der Waals surface area contributed by atoms with Crippen LogP contribution >= 0.6 is 22.9 Å². The number of aromatic amines is 1. The number of hydrogen-bond donors (Lipinski definition) is 3. The van der Waals surface area contributed by atoms with Crippen LogP contribution in [-0.4, -0.2) is 58.5 Å². The average Bonchev–Trinajstić information content (AvgIpc) is 3.55. The minimum absolute atomic E-state index is 0.0379. The van der Waals surface area contributed by atoms with E-state index < -0.39 is 0 Å². The largest absolute Gasteiger partial charge is 0.484 e. The smallest absolute Gasteiger partial charge is 0.258 e. The van der Waals surface area contributed by atoms with Crippen LogP contribution in [0.5, 0.6) is 5.75 Å². The first-order valence-electron chi connectivity index (χ1n) is 11.6. The van der Waals surface area contributed by atoms with Crippen LogP contribution in [0.3, 0.4) is 0 Å². The molecule has 1 aliphatic heterocycles. The summed E-state index contributed by atoms with van der Waals surface area (Å²) >= 11 is 8.11. The highest BCUT2D eigenvalue weighted by atomic mass is 35.5. The molecule has 3 aromatic heterocycles. The first-order valence-corrected chi connectivity index (χ1v) is 12.8. The Morgan fingerprint density at radius 3 is 2.80 bits per heavy atom. The maximum Gasteiger partial charge on any atom is 0.258 e. The maximum absolute atomic E-state index is 12.0. The number of hydrogen-bond acceptors (Lipinski definition) is 7. The molecule has 0 atom stereocenters. The zero-order chi connectivity index (χ0) is 24.2. The molecule has 1 saturated heterocycles. The fraction of sp³-hybridized carbons (Fsp3) is 0.320. The van der Waals surface area contributed by atoms with Crippen LogP contribution < -0.4 is 15.4 Å². The van der Waals surface area contributed by atoms with Gasteiger partial charge in [0.05, 0.1) is 23.5 Å². The number of amides is 1. The zero-order valence-corrected chi connectivity index (χ0v) is 21.0. The van der Waals surface area contributed by atoms with Crippen molar-refractivity contribution in [3.8, 4) is 17.1 Å². The Morgan fingerprint density at radius 2 is 2.06 bits per heavy atom. The number of pyridine rings is 1. The molecule has 8 nitrogen and oxygen atoms in total. The normalized spacial score (nSPS) is 14.8. The van der Waals surface area contributed by atoms with Crippen LogP contribution in [0.4, 0.5) is 5.69 Å². The molecule has 0 radical (unpaired) electrons. The van der Waals surface area contributed by atoms with E-state index >= 15 is 0 Å². The van der Waals surface area contributed by atoms with Crippen molar-refractivity contribution in [3.63, 3.8) is 0 Å². The number of likely N-dealkylation sites (tertiary alicyclic amines) is 1. The summed E-state index contributed by atoms with van der Waals surface area (Å²) in [6.45, 7) is 2.58. The predicted octanol–water partition coefficient (Wildman–Crippen LogP) is 4.54. The van der Waals surface area contributed by atoms with E-state index in [2.05, 4.69) is 32.5 Å². The van der Waals surface area contributed by atoms with Gasteiger partial charge in [0.15, 0.2) is 12.3 Å². The van der Waals surface area contributed by atoms with Crippen molar-refractivity contribution in [2.45, 2.75) is 25.4 Å². The first kappa shape index (κ1) is 23.6. The topological polar surface area (TPSA) is 95.2 Å². The Kier molecular flexibility index (Phi) is 7.17. The van der Waals surface area contributed by atoms with Gasteiger partial charge < -0.3 is 25.3 Å². The number of aromatic nitrogens is 3. The van der Waals surface area contributed by atoms with Gasteiger partial charge in [0.1, 0.15) is 17.1 Å². The number of carbonyl (C=O) groups excluding carboxylic acids is 1. The first-order chi connectivity index (χ1) is 17.0. The third-order valence-corrected chi connectivity index (χ3v) is 7.23. The molecule has 0 saturated carbocycles. The van der Waals surface area contributed by atoms with E-state index in [0.29, 0.717) is 34.8 Å². The fourth-order valence-electron chi connectivity index (χ4n) is 4.07. The molecule has 1 aromatic carbocycles. The van der Waals surface area contributed by atoms with Gasteiger partial charge in [-0.25, -0.2) is 9.97 Å². The van der Waals surface area contributed by atoms with Crippen LogP contribution in [-0.2, 0) is 11.3 Å². The lowest BCUT2D eigenvalue weighted by molar-refractivity contribution is -0.123. The molecule has 1 aliphatic rings. The van der Waals surface area contributed by atoms with Crippen molar-refractivity contribution in [3.05, 3.63) is 57.9 Å². The second-order valence-corrected chi connectivity index (χ2v) is 10.1. The summed E-state index contributed by atoms with van der Waals surface area (Å²) in [5.74, 6) is 1.15. The second-order valence-electron chi connectivity index (χ2n) is 8.65. The van der Waals surface area contributed by atoms with Crippen LogP contribution in [0.25, 0.3) is 22.6 Å². The highest BCUT2D eigenvalue weighted by Gasteiger charge is 2.20. The number of piperidine rings is 1. The number of thiophene rings is 1. The molecule has 5 rings (SSSR count). The number of nitrogens with one attached hydrogen (secondary N) is 3. The third-order valence-electron chi connectivity index (χ3n) is 6.07. The molecule has 10 heteroatoms. The van der Waals surface area contributed by atoms with Crippen molar-refractivity contribution in [2.75, 3.05) is 32.1 Å². The number of anilines is 1. The predicted molar refractivity (Wildman–Crippen MR) is 140 cm³/mol. The Labute approximate surface area is 212 Å². The molecule has 1 fully saturated rings. The summed E-state index contributed by atoms with van der Waals surface area (Å²) in [5.41, 5.74) is 3.12. The van der Waals surface area contributed by atoms with E-state index in [4.69, 9.17) is 21.3 Å². The SMILES string of the molecule is CN1CCC(Nc2c(Cl)cnc3[nH]c(-c4ccc(OCC(=O)NCc5cccs5)cc4)nc23)CC1. The second kappa shape index (κ2) is 10.6. The number of fused-ring (bicyclic) bond motifs is 1. The number of carbonyl (C=O) groups is 1.